The lowest BCUT2D eigenvalue weighted by molar-refractivity contribution is -0.139. The largest absolute Gasteiger partial charge is 0.463 e. The summed E-state index contributed by atoms with van der Waals surface area (Å²) >= 11 is 1.65. The Hall–Kier alpha value is -2.77. The Balaban J connectivity index is 1.51. The van der Waals surface area contributed by atoms with Crippen LogP contribution in [0.25, 0.3) is 0 Å². The third-order valence-electron chi connectivity index (χ3n) is 6.55. The molecule has 0 aliphatic carbocycles. The number of ether oxygens (including phenoxy) is 1. The highest BCUT2D eigenvalue weighted by molar-refractivity contribution is 7.98. The number of rotatable bonds is 8. The highest BCUT2D eigenvalue weighted by Crippen LogP contribution is 2.30. The van der Waals surface area contributed by atoms with Gasteiger partial charge in [-0.25, -0.2) is 9.59 Å². The van der Waals surface area contributed by atoms with Gasteiger partial charge in [0.25, 0.3) is 0 Å². The summed E-state index contributed by atoms with van der Waals surface area (Å²) in [6, 6.07) is 17.8. The maximum absolute atomic E-state index is 13.0. The Labute approximate surface area is 206 Å². The number of esters is 1. The second-order valence-electron chi connectivity index (χ2n) is 8.83. The molecule has 4 rings (SSSR count). The predicted octanol–water partition coefficient (Wildman–Crippen LogP) is 4.53. The van der Waals surface area contributed by atoms with E-state index in [1.807, 2.05) is 30.5 Å². The number of urea groups is 1. The maximum atomic E-state index is 13.0. The fourth-order valence-electron chi connectivity index (χ4n) is 4.76. The van der Waals surface area contributed by atoms with Crippen molar-refractivity contribution in [3.63, 3.8) is 0 Å². The minimum absolute atomic E-state index is 0.284. The van der Waals surface area contributed by atoms with Crippen LogP contribution < -0.4 is 10.6 Å². The van der Waals surface area contributed by atoms with E-state index in [2.05, 4.69) is 45.9 Å². The van der Waals surface area contributed by atoms with E-state index in [0.717, 1.165) is 42.8 Å². The minimum Gasteiger partial charge on any atom is -0.463 e. The molecule has 0 saturated carbocycles. The van der Waals surface area contributed by atoms with Gasteiger partial charge < -0.3 is 15.4 Å². The van der Waals surface area contributed by atoms with E-state index < -0.39 is 6.04 Å². The van der Waals surface area contributed by atoms with Gasteiger partial charge >= 0.3 is 12.0 Å². The minimum atomic E-state index is -0.533. The third-order valence-corrected chi connectivity index (χ3v) is 7.30. The quantitative estimate of drug-likeness (QED) is 0.430. The van der Waals surface area contributed by atoms with Crippen molar-refractivity contribution in [2.75, 3.05) is 32.5 Å². The van der Waals surface area contributed by atoms with Crippen LogP contribution in [0.2, 0.25) is 0 Å². The highest BCUT2D eigenvalue weighted by Gasteiger charge is 2.34. The van der Waals surface area contributed by atoms with Gasteiger partial charge in [-0.05, 0) is 74.7 Å². The topological polar surface area (TPSA) is 70.7 Å². The fraction of sp³-hybridized carbons (Fsp3) is 0.407. The number of hydrogen-bond donors (Lipinski definition) is 2. The number of carbonyl (C=O) groups is 2. The van der Waals surface area contributed by atoms with Crippen LogP contribution in [-0.4, -0.2) is 49.4 Å². The second-order valence-corrected chi connectivity index (χ2v) is 9.71. The average molecular weight is 480 g/mol. The van der Waals surface area contributed by atoms with Gasteiger partial charge in [0, 0.05) is 17.1 Å². The second kappa shape index (κ2) is 11.6. The van der Waals surface area contributed by atoms with E-state index >= 15 is 0 Å². The van der Waals surface area contributed by atoms with Gasteiger partial charge in [0.2, 0.25) is 0 Å². The van der Waals surface area contributed by atoms with Crippen LogP contribution in [0.4, 0.5) is 4.79 Å². The molecule has 34 heavy (non-hydrogen) atoms. The molecule has 0 spiro atoms. The molecule has 2 heterocycles. The number of amides is 2. The van der Waals surface area contributed by atoms with Crippen molar-refractivity contribution >= 4 is 23.8 Å². The number of nitrogens with zero attached hydrogens (tertiary/aromatic N) is 1. The van der Waals surface area contributed by atoms with Gasteiger partial charge in [-0.3, -0.25) is 4.90 Å². The van der Waals surface area contributed by atoms with Crippen molar-refractivity contribution in [2.45, 2.75) is 37.1 Å². The molecule has 180 valence electrons. The maximum Gasteiger partial charge on any atom is 0.338 e. The molecule has 1 atom stereocenters. The van der Waals surface area contributed by atoms with Gasteiger partial charge in [0.05, 0.1) is 18.2 Å². The third kappa shape index (κ3) is 6.02. The highest BCUT2D eigenvalue weighted by atomic mass is 32.2. The van der Waals surface area contributed by atoms with Crippen molar-refractivity contribution in [1.29, 1.82) is 0 Å². The van der Waals surface area contributed by atoms with E-state index in [1.165, 1.54) is 5.56 Å². The Kier molecular flexibility index (Phi) is 8.29. The van der Waals surface area contributed by atoms with Crippen LogP contribution in [0, 0.1) is 5.92 Å². The van der Waals surface area contributed by atoms with Crippen molar-refractivity contribution in [2.24, 2.45) is 5.92 Å². The summed E-state index contributed by atoms with van der Waals surface area (Å²) in [6.45, 7) is 4.49. The zero-order valence-electron chi connectivity index (χ0n) is 19.9. The number of thioether (sulfide) groups is 1. The summed E-state index contributed by atoms with van der Waals surface area (Å²) in [5.74, 6) is 0.269. The van der Waals surface area contributed by atoms with Crippen molar-refractivity contribution < 1.29 is 14.3 Å². The van der Waals surface area contributed by atoms with Gasteiger partial charge in [0.15, 0.2) is 0 Å². The van der Waals surface area contributed by atoms with Gasteiger partial charge in [0.1, 0.15) is 0 Å². The van der Waals surface area contributed by atoms with Gasteiger partial charge in [-0.1, -0.05) is 42.5 Å². The standard InChI is InChI=1S/C27H33N3O3S/c1-3-33-26(31)24-23(28-27(32)29-25(24)21-9-11-22(34-2)12-10-21)18-30-15-13-20(14-16-30)17-19-7-5-4-6-8-19/h4-12,20,25H,3,13-18H2,1-2H3,(H2,28,29,32). The van der Waals surface area contributed by atoms with Crippen LogP contribution in [0.3, 0.4) is 0 Å². The van der Waals surface area contributed by atoms with E-state index in [-0.39, 0.29) is 18.6 Å². The number of likely N-dealkylation sites (tertiary alicyclic amines) is 1. The van der Waals surface area contributed by atoms with Crippen molar-refractivity contribution in [1.82, 2.24) is 15.5 Å². The van der Waals surface area contributed by atoms with Crippen LogP contribution in [0.5, 0.6) is 0 Å². The molecule has 7 heteroatoms. The lowest BCUT2D eigenvalue weighted by Crippen LogP contribution is -2.49. The summed E-state index contributed by atoms with van der Waals surface area (Å²) < 4.78 is 5.41. The molecule has 2 N–H and O–H groups in total. The predicted molar refractivity (Wildman–Crippen MR) is 136 cm³/mol. The molecular formula is C27H33N3O3S. The van der Waals surface area contributed by atoms with E-state index in [1.54, 1.807) is 18.7 Å². The molecule has 1 fully saturated rings. The Morgan fingerprint density at radius 3 is 2.44 bits per heavy atom. The molecular weight excluding hydrogens is 446 g/mol. The smallest absolute Gasteiger partial charge is 0.338 e. The zero-order chi connectivity index (χ0) is 23.9. The lowest BCUT2D eigenvalue weighted by Gasteiger charge is -2.35. The number of piperidine rings is 1. The number of nitrogens with one attached hydrogen (secondary N) is 2. The van der Waals surface area contributed by atoms with Gasteiger partial charge in [-0.2, -0.15) is 0 Å². The zero-order valence-corrected chi connectivity index (χ0v) is 20.7. The van der Waals surface area contributed by atoms with E-state index in [0.29, 0.717) is 23.7 Å². The molecule has 2 amide bonds. The number of carbonyl (C=O) groups excluding carboxylic acids is 2. The summed E-state index contributed by atoms with van der Waals surface area (Å²) in [5.41, 5.74) is 3.39. The SMILES string of the molecule is CCOC(=O)C1=C(CN2CCC(Cc3ccccc3)CC2)NC(=O)NC1c1ccc(SC)cc1. The fourth-order valence-corrected chi connectivity index (χ4v) is 5.17. The van der Waals surface area contributed by atoms with Crippen molar-refractivity contribution in [3.8, 4) is 0 Å². The van der Waals surface area contributed by atoms with Crippen LogP contribution in [-0.2, 0) is 16.0 Å². The molecule has 1 unspecified atom stereocenters. The summed E-state index contributed by atoms with van der Waals surface area (Å²) in [4.78, 5) is 29.1. The first-order chi connectivity index (χ1) is 16.6. The average Bonchev–Trinajstić information content (AvgIpc) is 2.86. The number of benzene rings is 2. The molecule has 2 aromatic carbocycles. The first-order valence-corrected chi connectivity index (χ1v) is 13.2. The summed E-state index contributed by atoms with van der Waals surface area (Å²) in [6.07, 6.45) is 5.32. The van der Waals surface area contributed by atoms with E-state index in [9.17, 15) is 9.59 Å². The molecule has 2 aliphatic heterocycles. The van der Waals surface area contributed by atoms with E-state index in [4.69, 9.17) is 4.74 Å². The monoisotopic (exact) mass is 479 g/mol. The molecule has 2 aromatic rings. The summed E-state index contributed by atoms with van der Waals surface area (Å²) in [5, 5.41) is 5.84. The van der Waals surface area contributed by atoms with Crippen LogP contribution in [0.1, 0.15) is 36.9 Å². The Bertz CT molecular complexity index is 1020. The molecule has 1 saturated heterocycles. The lowest BCUT2D eigenvalue weighted by atomic mass is 9.89. The number of hydrogen-bond acceptors (Lipinski definition) is 5. The molecule has 0 bridgehead atoms. The van der Waals surface area contributed by atoms with Gasteiger partial charge in [-0.15, -0.1) is 11.8 Å². The summed E-state index contributed by atoms with van der Waals surface area (Å²) in [7, 11) is 0. The first kappa shape index (κ1) is 24.4. The molecule has 0 radical (unpaired) electrons. The Morgan fingerprint density at radius 1 is 1.09 bits per heavy atom. The molecule has 0 aromatic heterocycles. The van der Waals surface area contributed by atoms with Crippen LogP contribution >= 0.6 is 11.8 Å². The first-order valence-electron chi connectivity index (χ1n) is 11.9. The normalized spacial score (nSPS) is 19.5. The Morgan fingerprint density at radius 2 is 1.79 bits per heavy atom. The van der Waals surface area contributed by atoms with Crippen LogP contribution in [0.15, 0.2) is 70.8 Å². The molecule has 6 nitrogen and oxygen atoms in total. The van der Waals surface area contributed by atoms with Crippen molar-refractivity contribution in [3.05, 3.63) is 77.0 Å². The molecule has 2 aliphatic rings.